The minimum absolute atomic E-state index is 0.241. The molecule has 2 aromatic heterocycles. The lowest BCUT2D eigenvalue weighted by Crippen LogP contribution is -2.25. The molecule has 0 bridgehead atoms. The molecule has 2 aromatic carbocycles. The number of hydrogen-bond acceptors (Lipinski definition) is 7. The number of benzene rings is 2. The molecule has 0 N–H and O–H groups in total. The Hall–Kier alpha value is -4.27. The van der Waals surface area contributed by atoms with Gasteiger partial charge in [-0.25, -0.2) is 0 Å². The third-order valence-electron chi connectivity index (χ3n) is 4.85. The van der Waals surface area contributed by atoms with E-state index in [1.54, 1.807) is 13.1 Å². The van der Waals surface area contributed by atoms with Gasteiger partial charge in [-0.05, 0) is 19.1 Å². The predicted molar refractivity (Wildman–Crippen MR) is 111 cm³/mol. The van der Waals surface area contributed by atoms with E-state index < -0.39 is 6.23 Å². The van der Waals surface area contributed by atoms with Crippen molar-refractivity contribution in [3.63, 3.8) is 0 Å². The molecule has 0 spiro atoms. The summed E-state index contributed by atoms with van der Waals surface area (Å²) in [6, 6.07) is 19.0. The highest BCUT2D eigenvalue weighted by Gasteiger charge is 2.36. The van der Waals surface area contributed by atoms with Gasteiger partial charge in [0.25, 0.3) is 0 Å². The van der Waals surface area contributed by atoms with E-state index in [0.717, 1.165) is 11.3 Å². The Morgan fingerprint density at radius 3 is 2.45 bits per heavy atom. The molecule has 0 fully saturated rings. The maximum absolute atomic E-state index is 12.2. The summed E-state index contributed by atoms with van der Waals surface area (Å²) in [5, 5.41) is 18.7. The van der Waals surface area contributed by atoms with Gasteiger partial charge >= 0.3 is 0 Å². The Labute approximate surface area is 177 Å². The Morgan fingerprint density at radius 1 is 1.03 bits per heavy atom. The number of carbonyl (C=O) groups excluding carboxylic acids is 1. The molecule has 1 aliphatic rings. The van der Waals surface area contributed by atoms with Crippen LogP contribution in [0, 0.1) is 6.92 Å². The standard InChI is InChI=1S/C22H18N6O3/c1-14-19(21-25-27(15(2)29)22(30-21)16-9-5-3-6-10-16)20(26-31-14)18-13-23-28(24-18)17-11-7-4-8-12-17/h3-13,22H,1-2H3. The van der Waals surface area contributed by atoms with Crippen molar-refractivity contribution in [1.29, 1.82) is 0 Å². The van der Waals surface area contributed by atoms with Gasteiger partial charge in [-0.15, -0.1) is 10.2 Å². The second-order valence-corrected chi connectivity index (χ2v) is 6.97. The summed E-state index contributed by atoms with van der Waals surface area (Å²) in [4.78, 5) is 13.7. The van der Waals surface area contributed by atoms with E-state index in [1.165, 1.54) is 16.7 Å². The zero-order valence-electron chi connectivity index (χ0n) is 16.8. The first-order valence-electron chi connectivity index (χ1n) is 9.66. The first-order chi connectivity index (χ1) is 15.1. The Balaban J connectivity index is 1.53. The Bertz CT molecular complexity index is 1260. The number of hydrogen-bond donors (Lipinski definition) is 0. The van der Waals surface area contributed by atoms with E-state index in [2.05, 4.69) is 20.5 Å². The number of hydrazone groups is 1. The molecule has 0 aliphatic carbocycles. The SMILES string of the molecule is CC(=O)N1N=C(c2c(-c3cnn(-c4ccccc4)n3)noc2C)OC1c1ccccc1. The molecular formula is C22H18N6O3. The first-order valence-corrected chi connectivity index (χ1v) is 9.66. The molecule has 0 saturated carbocycles. The average molecular weight is 414 g/mol. The van der Waals surface area contributed by atoms with Crippen molar-refractivity contribution >= 4 is 11.8 Å². The minimum atomic E-state index is -0.671. The first kappa shape index (κ1) is 18.7. The third-order valence-corrected chi connectivity index (χ3v) is 4.85. The molecule has 9 heteroatoms. The molecule has 154 valence electrons. The molecule has 5 rings (SSSR count). The quantitative estimate of drug-likeness (QED) is 0.507. The minimum Gasteiger partial charge on any atom is -0.446 e. The van der Waals surface area contributed by atoms with Gasteiger partial charge in [-0.1, -0.05) is 53.7 Å². The number of ether oxygens (including phenoxy) is 1. The van der Waals surface area contributed by atoms with Crippen molar-refractivity contribution in [2.24, 2.45) is 5.10 Å². The molecule has 31 heavy (non-hydrogen) atoms. The fraction of sp³-hybridized carbons (Fsp3) is 0.136. The van der Waals surface area contributed by atoms with Crippen molar-refractivity contribution in [2.75, 3.05) is 0 Å². The number of rotatable bonds is 4. The molecule has 1 aliphatic heterocycles. The number of para-hydroxylation sites is 1. The molecule has 0 saturated heterocycles. The summed E-state index contributed by atoms with van der Waals surface area (Å²) in [5.74, 6) is 0.502. The fourth-order valence-electron chi connectivity index (χ4n) is 3.36. The molecule has 1 unspecified atom stereocenters. The van der Waals surface area contributed by atoms with Crippen LogP contribution in [0.4, 0.5) is 0 Å². The van der Waals surface area contributed by atoms with Crippen LogP contribution in [0.5, 0.6) is 0 Å². The van der Waals surface area contributed by atoms with Crippen molar-refractivity contribution in [3.8, 4) is 17.1 Å². The molecule has 0 radical (unpaired) electrons. The Morgan fingerprint density at radius 2 is 1.74 bits per heavy atom. The monoisotopic (exact) mass is 414 g/mol. The molecule has 3 heterocycles. The lowest BCUT2D eigenvalue weighted by molar-refractivity contribution is -0.135. The summed E-state index contributed by atoms with van der Waals surface area (Å²) >= 11 is 0. The highest BCUT2D eigenvalue weighted by molar-refractivity contribution is 6.01. The van der Waals surface area contributed by atoms with E-state index in [4.69, 9.17) is 9.26 Å². The summed E-state index contributed by atoms with van der Waals surface area (Å²) < 4.78 is 11.5. The highest BCUT2D eigenvalue weighted by Crippen LogP contribution is 2.34. The van der Waals surface area contributed by atoms with Crippen LogP contribution in [-0.4, -0.2) is 37.0 Å². The summed E-state index contributed by atoms with van der Waals surface area (Å²) in [6.07, 6.45) is 0.927. The van der Waals surface area contributed by atoms with Gasteiger partial charge in [0.2, 0.25) is 18.0 Å². The maximum Gasteiger partial charge on any atom is 0.247 e. The van der Waals surface area contributed by atoms with Crippen LogP contribution in [0.1, 0.15) is 30.0 Å². The van der Waals surface area contributed by atoms with Gasteiger partial charge in [-0.3, -0.25) is 4.79 Å². The smallest absolute Gasteiger partial charge is 0.247 e. The maximum atomic E-state index is 12.2. The van der Waals surface area contributed by atoms with E-state index in [1.807, 2.05) is 60.7 Å². The predicted octanol–water partition coefficient (Wildman–Crippen LogP) is 3.47. The largest absolute Gasteiger partial charge is 0.446 e. The number of carbonyl (C=O) groups is 1. The van der Waals surface area contributed by atoms with E-state index in [0.29, 0.717) is 22.7 Å². The molecule has 1 amide bonds. The van der Waals surface area contributed by atoms with Crippen LogP contribution in [0.25, 0.3) is 17.1 Å². The highest BCUT2D eigenvalue weighted by atomic mass is 16.5. The van der Waals surface area contributed by atoms with Gasteiger partial charge in [0.1, 0.15) is 22.7 Å². The van der Waals surface area contributed by atoms with Gasteiger partial charge in [0, 0.05) is 12.5 Å². The summed E-state index contributed by atoms with van der Waals surface area (Å²) in [5.41, 5.74) is 3.10. The fourth-order valence-corrected chi connectivity index (χ4v) is 3.36. The third kappa shape index (κ3) is 3.35. The summed E-state index contributed by atoms with van der Waals surface area (Å²) in [6.45, 7) is 3.20. The number of aryl methyl sites for hydroxylation is 1. The van der Waals surface area contributed by atoms with Crippen LogP contribution in [0.3, 0.4) is 0 Å². The van der Waals surface area contributed by atoms with E-state index in [9.17, 15) is 4.79 Å². The zero-order chi connectivity index (χ0) is 21.4. The van der Waals surface area contributed by atoms with Crippen LogP contribution < -0.4 is 0 Å². The van der Waals surface area contributed by atoms with Crippen LogP contribution >= 0.6 is 0 Å². The van der Waals surface area contributed by atoms with Crippen LogP contribution in [-0.2, 0) is 9.53 Å². The number of aromatic nitrogens is 4. The van der Waals surface area contributed by atoms with Crippen molar-refractivity contribution in [2.45, 2.75) is 20.1 Å². The van der Waals surface area contributed by atoms with Gasteiger partial charge in [-0.2, -0.15) is 14.9 Å². The van der Waals surface area contributed by atoms with Crippen molar-refractivity contribution < 1.29 is 14.1 Å². The average Bonchev–Trinajstić information content (AvgIpc) is 3.53. The second kappa shape index (κ2) is 7.52. The second-order valence-electron chi connectivity index (χ2n) is 6.97. The van der Waals surface area contributed by atoms with Crippen LogP contribution in [0.2, 0.25) is 0 Å². The normalized spacial score (nSPS) is 15.6. The topological polar surface area (TPSA) is 98.6 Å². The molecule has 1 atom stereocenters. The molecule has 4 aromatic rings. The number of nitrogens with zero attached hydrogens (tertiary/aromatic N) is 6. The van der Waals surface area contributed by atoms with E-state index in [-0.39, 0.29) is 11.8 Å². The Kier molecular flexibility index (Phi) is 4.55. The van der Waals surface area contributed by atoms with E-state index >= 15 is 0 Å². The van der Waals surface area contributed by atoms with Gasteiger partial charge in [0.15, 0.2) is 0 Å². The molecule has 9 nitrogen and oxygen atoms in total. The lowest BCUT2D eigenvalue weighted by Gasteiger charge is -2.19. The van der Waals surface area contributed by atoms with Gasteiger partial charge < -0.3 is 9.26 Å². The molecular weight excluding hydrogens is 396 g/mol. The lowest BCUT2D eigenvalue weighted by atomic mass is 10.1. The zero-order valence-corrected chi connectivity index (χ0v) is 16.8. The van der Waals surface area contributed by atoms with Gasteiger partial charge in [0.05, 0.1) is 11.9 Å². The van der Waals surface area contributed by atoms with Crippen molar-refractivity contribution in [1.82, 2.24) is 25.2 Å². The van der Waals surface area contributed by atoms with Crippen molar-refractivity contribution in [3.05, 3.63) is 83.7 Å². The summed E-state index contributed by atoms with van der Waals surface area (Å²) in [7, 11) is 0. The van der Waals surface area contributed by atoms with Crippen LogP contribution in [0.15, 0.2) is 76.5 Å². The number of amides is 1.